The highest BCUT2D eigenvalue weighted by Gasteiger charge is 2.19. The Bertz CT molecular complexity index is 289. The lowest BCUT2D eigenvalue weighted by Gasteiger charge is -2.09. The van der Waals surface area contributed by atoms with Crippen LogP contribution in [0.25, 0.3) is 0 Å². The summed E-state index contributed by atoms with van der Waals surface area (Å²) in [5.41, 5.74) is 0.0885. The Kier molecular flexibility index (Phi) is 2.38. The maximum absolute atomic E-state index is 11.9. The van der Waals surface area contributed by atoms with Gasteiger partial charge in [0, 0.05) is 11.1 Å². The maximum atomic E-state index is 11.9. The van der Waals surface area contributed by atoms with E-state index >= 15 is 0 Å². The van der Waals surface area contributed by atoms with Crippen molar-refractivity contribution >= 4 is 11.8 Å². The number of halogens is 1. The summed E-state index contributed by atoms with van der Waals surface area (Å²) < 4.78 is 11.9. The summed E-state index contributed by atoms with van der Waals surface area (Å²) in [6.45, 7) is 0. The predicted molar refractivity (Wildman–Crippen MR) is 39.2 cm³/mol. The smallest absolute Gasteiger partial charge is 0.331 e. The van der Waals surface area contributed by atoms with E-state index in [1.807, 2.05) is 0 Å². The zero-order valence-electron chi connectivity index (χ0n) is 6.21. The Hall–Kier alpha value is -1.45. The van der Waals surface area contributed by atoms with Gasteiger partial charge < -0.3 is 5.11 Å². The second-order valence-electron chi connectivity index (χ2n) is 2.47. The van der Waals surface area contributed by atoms with E-state index in [1.54, 1.807) is 0 Å². The van der Waals surface area contributed by atoms with Gasteiger partial charge in [0.15, 0.2) is 5.78 Å². The molecular weight excluding hydrogens is 163 g/mol. The molecule has 0 aromatic rings. The molecule has 0 bridgehead atoms. The fourth-order valence-corrected chi connectivity index (χ4v) is 0.993. The fourth-order valence-electron chi connectivity index (χ4n) is 0.993. The minimum absolute atomic E-state index is 0.0417. The number of allylic oxidation sites excluding steroid dienone is 2. The Balaban J connectivity index is 2.89. The van der Waals surface area contributed by atoms with Gasteiger partial charge in [0.1, 0.15) is 0 Å². The molecule has 1 rings (SSSR count). The Morgan fingerprint density at radius 3 is 2.67 bits per heavy atom. The fraction of sp³-hybridized carbons (Fsp3) is 0.250. The van der Waals surface area contributed by atoms with Crippen LogP contribution in [0.15, 0.2) is 23.6 Å². The molecule has 0 aliphatic heterocycles. The highest BCUT2D eigenvalue weighted by atomic mass is 19.1. The molecule has 0 saturated carbocycles. The van der Waals surface area contributed by atoms with Gasteiger partial charge in [-0.2, -0.15) is 0 Å². The van der Waals surface area contributed by atoms with Crippen molar-refractivity contribution in [2.45, 2.75) is 12.8 Å². The van der Waals surface area contributed by atoms with Gasteiger partial charge in [-0.1, -0.05) is 0 Å². The van der Waals surface area contributed by atoms with Crippen LogP contribution in [0.5, 0.6) is 0 Å². The van der Waals surface area contributed by atoms with Crippen molar-refractivity contribution in [2.75, 3.05) is 0 Å². The Labute approximate surface area is 68.2 Å². The molecule has 1 aliphatic carbocycles. The number of aliphatic carboxylic acids is 1. The molecule has 0 atom stereocenters. The van der Waals surface area contributed by atoms with Crippen LogP contribution in [0.4, 0.5) is 4.39 Å². The first-order valence-corrected chi connectivity index (χ1v) is 3.42. The second kappa shape index (κ2) is 3.30. The number of carboxylic acid groups (broad SMARTS) is 1. The lowest BCUT2D eigenvalue weighted by molar-refractivity contribution is -0.133. The van der Waals surface area contributed by atoms with E-state index in [1.165, 1.54) is 0 Å². The van der Waals surface area contributed by atoms with Crippen LogP contribution in [-0.2, 0) is 9.59 Å². The first kappa shape index (κ1) is 8.64. The van der Waals surface area contributed by atoms with E-state index in [9.17, 15) is 14.0 Å². The zero-order chi connectivity index (χ0) is 9.14. The quantitative estimate of drug-likeness (QED) is 0.602. The molecule has 0 heterocycles. The highest BCUT2D eigenvalue weighted by molar-refractivity contribution is 6.09. The molecule has 1 N–H and O–H groups in total. The van der Waals surface area contributed by atoms with Crippen LogP contribution in [0.2, 0.25) is 0 Å². The van der Waals surface area contributed by atoms with E-state index < -0.39 is 11.8 Å². The summed E-state index contributed by atoms with van der Waals surface area (Å²) in [6, 6.07) is 0. The third kappa shape index (κ3) is 1.58. The molecule has 1 aliphatic rings. The minimum atomic E-state index is -1.11. The molecule has 0 saturated heterocycles. The topological polar surface area (TPSA) is 54.4 Å². The molecule has 64 valence electrons. The Morgan fingerprint density at radius 2 is 2.25 bits per heavy atom. The van der Waals surface area contributed by atoms with Crippen molar-refractivity contribution < 1.29 is 19.1 Å². The van der Waals surface area contributed by atoms with Crippen molar-refractivity contribution in [2.24, 2.45) is 0 Å². The number of hydrogen-bond donors (Lipinski definition) is 1. The van der Waals surface area contributed by atoms with Gasteiger partial charge in [-0.25, -0.2) is 9.18 Å². The number of hydrogen-bond acceptors (Lipinski definition) is 2. The molecule has 12 heavy (non-hydrogen) atoms. The third-order valence-electron chi connectivity index (χ3n) is 1.69. The van der Waals surface area contributed by atoms with Gasteiger partial charge in [-0.05, 0) is 18.9 Å². The Morgan fingerprint density at radius 1 is 1.58 bits per heavy atom. The molecular formula is C8H7FO3. The number of carboxylic acids is 1. The van der Waals surface area contributed by atoms with Gasteiger partial charge in [0.2, 0.25) is 0 Å². The van der Waals surface area contributed by atoms with E-state index in [4.69, 9.17) is 5.11 Å². The molecule has 0 spiro atoms. The van der Waals surface area contributed by atoms with E-state index in [0.717, 1.165) is 6.08 Å². The molecule has 0 fully saturated rings. The number of carbonyl (C=O) groups is 2. The summed E-state index contributed by atoms with van der Waals surface area (Å²) in [5.74, 6) is -1.65. The summed E-state index contributed by atoms with van der Waals surface area (Å²) in [5, 5.41) is 8.48. The standard InChI is InChI=1S/C8H7FO3/c9-4-6-2-1-5(8(11)12)3-7(6)10/h3-4H,1-2H2,(H,11,12)/b6-4+. The second-order valence-corrected chi connectivity index (χ2v) is 2.47. The van der Waals surface area contributed by atoms with Crippen LogP contribution in [0.3, 0.4) is 0 Å². The van der Waals surface area contributed by atoms with Crippen molar-refractivity contribution in [3.8, 4) is 0 Å². The normalized spacial score (nSPS) is 20.9. The van der Waals surface area contributed by atoms with Crippen LogP contribution in [0, 0.1) is 0 Å². The average molecular weight is 170 g/mol. The first-order chi connectivity index (χ1) is 5.65. The maximum Gasteiger partial charge on any atom is 0.331 e. The van der Waals surface area contributed by atoms with Gasteiger partial charge in [0.25, 0.3) is 0 Å². The van der Waals surface area contributed by atoms with Crippen molar-refractivity contribution in [1.29, 1.82) is 0 Å². The number of carbonyl (C=O) groups excluding carboxylic acids is 1. The SMILES string of the molecule is O=C(O)C1=CC(=O)/C(=C/F)CC1. The summed E-state index contributed by atoms with van der Waals surface area (Å²) in [4.78, 5) is 21.3. The monoisotopic (exact) mass is 170 g/mol. The summed E-state index contributed by atoms with van der Waals surface area (Å²) >= 11 is 0. The van der Waals surface area contributed by atoms with E-state index in [0.29, 0.717) is 0 Å². The predicted octanol–water partition coefficient (Wildman–Crippen LogP) is 1.21. The average Bonchev–Trinajstić information content (AvgIpc) is 2.04. The zero-order valence-corrected chi connectivity index (χ0v) is 6.21. The van der Waals surface area contributed by atoms with Crippen LogP contribution in [-0.4, -0.2) is 16.9 Å². The first-order valence-electron chi connectivity index (χ1n) is 3.42. The largest absolute Gasteiger partial charge is 0.478 e. The summed E-state index contributed by atoms with van der Waals surface area (Å²) in [7, 11) is 0. The molecule has 0 radical (unpaired) electrons. The molecule has 0 aromatic heterocycles. The van der Waals surface area contributed by atoms with Crippen LogP contribution in [0.1, 0.15) is 12.8 Å². The van der Waals surface area contributed by atoms with Gasteiger partial charge in [-0.3, -0.25) is 4.79 Å². The molecule has 4 heteroatoms. The van der Waals surface area contributed by atoms with Crippen LogP contribution >= 0.6 is 0 Å². The minimum Gasteiger partial charge on any atom is -0.478 e. The molecule has 3 nitrogen and oxygen atoms in total. The number of rotatable bonds is 1. The van der Waals surface area contributed by atoms with Crippen molar-refractivity contribution in [1.82, 2.24) is 0 Å². The van der Waals surface area contributed by atoms with E-state index in [-0.39, 0.29) is 30.3 Å². The third-order valence-corrected chi connectivity index (χ3v) is 1.69. The van der Waals surface area contributed by atoms with Gasteiger partial charge in [-0.15, -0.1) is 0 Å². The lowest BCUT2D eigenvalue weighted by atomic mass is 9.95. The molecule has 0 unspecified atom stereocenters. The molecule has 0 aromatic carbocycles. The highest BCUT2D eigenvalue weighted by Crippen LogP contribution is 2.20. The van der Waals surface area contributed by atoms with Gasteiger partial charge >= 0.3 is 5.97 Å². The van der Waals surface area contributed by atoms with E-state index in [2.05, 4.69) is 0 Å². The van der Waals surface area contributed by atoms with Crippen LogP contribution < -0.4 is 0 Å². The van der Waals surface area contributed by atoms with Crippen molar-refractivity contribution in [3.05, 3.63) is 23.6 Å². The van der Waals surface area contributed by atoms with Gasteiger partial charge in [0.05, 0.1) is 6.33 Å². The van der Waals surface area contributed by atoms with Crippen molar-refractivity contribution in [3.63, 3.8) is 0 Å². The summed E-state index contributed by atoms with van der Waals surface area (Å²) in [6.07, 6.45) is 1.60. The number of ketones is 1. The lowest BCUT2D eigenvalue weighted by Crippen LogP contribution is -2.12. The molecule has 0 amide bonds.